The van der Waals surface area contributed by atoms with Crippen molar-refractivity contribution in [2.75, 3.05) is 56.2 Å². The fraction of sp³-hybridized carbons (Fsp3) is 0.440. The van der Waals surface area contributed by atoms with Crippen LogP contribution >= 0.6 is 0 Å². The topological polar surface area (TPSA) is 79.6 Å². The molecule has 1 amide bonds. The largest absolute Gasteiger partial charge is 0.497 e. The first kappa shape index (κ1) is 22.2. The van der Waals surface area contributed by atoms with Crippen molar-refractivity contribution in [1.29, 1.82) is 0 Å². The maximum absolute atomic E-state index is 13.2. The first-order valence-corrected chi connectivity index (χ1v) is 11.9. The van der Waals surface area contributed by atoms with Gasteiger partial charge in [0.1, 0.15) is 11.4 Å². The molecule has 0 radical (unpaired) electrons. The van der Waals surface area contributed by atoms with Crippen LogP contribution in [0.1, 0.15) is 29.8 Å². The average Bonchev–Trinajstić information content (AvgIpc) is 3.30. The minimum Gasteiger partial charge on any atom is -0.497 e. The minimum absolute atomic E-state index is 0.00433. The Kier molecular flexibility index (Phi) is 6.33. The maximum atomic E-state index is 13.2. The summed E-state index contributed by atoms with van der Waals surface area (Å²) in [6.45, 7) is 4.83. The summed E-state index contributed by atoms with van der Waals surface area (Å²) >= 11 is 0. The van der Waals surface area contributed by atoms with Gasteiger partial charge in [-0.25, -0.2) is 0 Å². The zero-order valence-electron chi connectivity index (χ0n) is 19.9. The number of carbonyl (C=O) groups is 1. The van der Waals surface area contributed by atoms with Gasteiger partial charge in [-0.2, -0.15) is 5.10 Å². The standard InChI is InChI=1S/C25H31N7O2/c1-29-22(18-21(28-29)19-7-6-8-20(17-19)34-2)25(33)32-15-13-31(14-16-32)24-10-9-23(26-27-24)30-11-4-3-5-12-30/h6-10,17-18H,3-5,11-16H2,1-2H3. The SMILES string of the molecule is COc1cccc(-c2cc(C(=O)N3CCN(c4ccc(N5CCCCC5)nn4)CC3)n(C)n2)c1. The molecule has 2 aromatic heterocycles. The molecule has 9 heteroatoms. The van der Waals surface area contributed by atoms with E-state index in [0.29, 0.717) is 18.8 Å². The number of hydrogen-bond acceptors (Lipinski definition) is 7. The molecule has 34 heavy (non-hydrogen) atoms. The maximum Gasteiger partial charge on any atom is 0.272 e. The number of aromatic nitrogens is 4. The monoisotopic (exact) mass is 461 g/mol. The molecule has 0 bridgehead atoms. The Balaban J connectivity index is 1.22. The third-order valence-electron chi connectivity index (χ3n) is 6.67. The Morgan fingerprint density at radius 1 is 0.853 bits per heavy atom. The third kappa shape index (κ3) is 4.55. The predicted molar refractivity (Wildman–Crippen MR) is 131 cm³/mol. The molecular formula is C25H31N7O2. The number of ether oxygens (including phenoxy) is 1. The van der Waals surface area contributed by atoms with Gasteiger partial charge in [-0.05, 0) is 49.6 Å². The second-order valence-corrected chi connectivity index (χ2v) is 8.85. The van der Waals surface area contributed by atoms with E-state index in [0.717, 1.165) is 54.8 Å². The Hall–Kier alpha value is -3.62. The fourth-order valence-electron chi connectivity index (χ4n) is 4.67. The van der Waals surface area contributed by atoms with Crippen molar-refractivity contribution >= 4 is 17.5 Å². The molecule has 0 spiro atoms. The van der Waals surface area contributed by atoms with E-state index in [4.69, 9.17) is 4.74 Å². The summed E-state index contributed by atoms with van der Waals surface area (Å²) in [6.07, 6.45) is 3.74. The number of rotatable bonds is 5. The van der Waals surface area contributed by atoms with Crippen molar-refractivity contribution in [3.8, 4) is 17.0 Å². The third-order valence-corrected chi connectivity index (χ3v) is 6.67. The number of methoxy groups -OCH3 is 1. The zero-order chi connectivity index (χ0) is 23.5. The van der Waals surface area contributed by atoms with E-state index in [1.54, 1.807) is 11.8 Å². The Morgan fingerprint density at radius 3 is 2.18 bits per heavy atom. The highest BCUT2D eigenvalue weighted by Crippen LogP contribution is 2.25. The van der Waals surface area contributed by atoms with Gasteiger partial charge >= 0.3 is 0 Å². The Labute approximate surface area is 199 Å². The van der Waals surface area contributed by atoms with Gasteiger partial charge < -0.3 is 19.4 Å². The molecular weight excluding hydrogens is 430 g/mol. The van der Waals surface area contributed by atoms with Crippen LogP contribution in [0.5, 0.6) is 5.75 Å². The van der Waals surface area contributed by atoms with Crippen molar-refractivity contribution in [2.24, 2.45) is 7.05 Å². The Morgan fingerprint density at radius 2 is 1.53 bits per heavy atom. The van der Waals surface area contributed by atoms with Crippen molar-refractivity contribution in [3.05, 3.63) is 48.2 Å². The van der Waals surface area contributed by atoms with Gasteiger partial charge in [0, 0.05) is 51.9 Å². The van der Waals surface area contributed by atoms with Crippen LogP contribution in [-0.2, 0) is 7.05 Å². The number of carbonyl (C=O) groups excluding carboxylic acids is 1. The van der Waals surface area contributed by atoms with Crippen LogP contribution in [0, 0.1) is 0 Å². The van der Waals surface area contributed by atoms with E-state index < -0.39 is 0 Å². The molecule has 0 atom stereocenters. The van der Waals surface area contributed by atoms with Crippen molar-refractivity contribution in [2.45, 2.75) is 19.3 Å². The van der Waals surface area contributed by atoms with Gasteiger partial charge in [0.2, 0.25) is 0 Å². The molecule has 0 N–H and O–H groups in total. The van der Waals surface area contributed by atoms with Crippen molar-refractivity contribution in [1.82, 2.24) is 24.9 Å². The van der Waals surface area contributed by atoms with Gasteiger partial charge in [0.05, 0.1) is 12.8 Å². The van der Waals surface area contributed by atoms with Crippen LogP contribution in [0.4, 0.5) is 11.6 Å². The molecule has 5 rings (SSSR count). The molecule has 2 aliphatic heterocycles. The summed E-state index contributed by atoms with van der Waals surface area (Å²) in [4.78, 5) is 19.6. The van der Waals surface area contributed by atoms with Crippen molar-refractivity contribution in [3.63, 3.8) is 0 Å². The van der Waals surface area contributed by atoms with E-state index in [2.05, 4.69) is 37.2 Å². The van der Waals surface area contributed by atoms with E-state index in [-0.39, 0.29) is 5.91 Å². The summed E-state index contributed by atoms with van der Waals surface area (Å²) in [5.74, 6) is 2.59. The number of aryl methyl sites for hydroxylation is 1. The number of nitrogens with zero attached hydrogens (tertiary/aromatic N) is 7. The lowest BCUT2D eigenvalue weighted by molar-refractivity contribution is 0.0735. The molecule has 0 unspecified atom stereocenters. The predicted octanol–water partition coefficient (Wildman–Crippen LogP) is 2.84. The quantitative estimate of drug-likeness (QED) is 0.578. The first-order chi connectivity index (χ1) is 16.6. The molecule has 2 aliphatic rings. The number of amides is 1. The van der Waals surface area contributed by atoms with Crippen LogP contribution in [0.2, 0.25) is 0 Å². The van der Waals surface area contributed by atoms with Crippen LogP contribution in [-0.4, -0.2) is 77.2 Å². The molecule has 0 aliphatic carbocycles. The van der Waals surface area contributed by atoms with Crippen molar-refractivity contribution < 1.29 is 9.53 Å². The molecule has 9 nitrogen and oxygen atoms in total. The van der Waals surface area contributed by atoms with E-state index >= 15 is 0 Å². The van der Waals surface area contributed by atoms with Gasteiger partial charge in [0.15, 0.2) is 11.6 Å². The second-order valence-electron chi connectivity index (χ2n) is 8.85. The average molecular weight is 462 g/mol. The first-order valence-electron chi connectivity index (χ1n) is 11.9. The lowest BCUT2D eigenvalue weighted by Gasteiger charge is -2.35. The normalized spacial score (nSPS) is 16.6. The highest BCUT2D eigenvalue weighted by molar-refractivity contribution is 5.94. The summed E-state index contributed by atoms with van der Waals surface area (Å²) in [6, 6.07) is 13.7. The molecule has 1 aromatic carbocycles. The molecule has 2 fully saturated rings. The number of hydrogen-bond donors (Lipinski definition) is 0. The van der Waals surface area contributed by atoms with Gasteiger partial charge in [-0.15, -0.1) is 10.2 Å². The van der Waals surface area contributed by atoms with E-state index in [9.17, 15) is 4.79 Å². The van der Waals surface area contributed by atoms with Gasteiger partial charge in [0.25, 0.3) is 5.91 Å². The number of piperazine rings is 1. The zero-order valence-corrected chi connectivity index (χ0v) is 19.9. The van der Waals surface area contributed by atoms with Gasteiger partial charge in [-0.3, -0.25) is 9.48 Å². The van der Waals surface area contributed by atoms with Crippen LogP contribution in [0.25, 0.3) is 11.3 Å². The second kappa shape index (κ2) is 9.70. The van der Waals surface area contributed by atoms with Crippen LogP contribution in [0.15, 0.2) is 42.5 Å². The summed E-state index contributed by atoms with van der Waals surface area (Å²) in [5.41, 5.74) is 2.26. The summed E-state index contributed by atoms with van der Waals surface area (Å²) in [5, 5.41) is 13.5. The number of benzene rings is 1. The summed E-state index contributed by atoms with van der Waals surface area (Å²) in [7, 11) is 3.45. The number of piperidine rings is 1. The van der Waals surface area contributed by atoms with E-state index in [1.807, 2.05) is 42.3 Å². The molecule has 2 saturated heterocycles. The molecule has 178 valence electrons. The lowest BCUT2D eigenvalue weighted by atomic mass is 10.1. The Bertz CT molecular complexity index is 1130. The van der Waals surface area contributed by atoms with E-state index in [1.165, 1.54) is 19.3 Å². The lowest BCUT2D eigenvalue weighted by Crippen LogP contribution is -2.49. The minimum atomic E-state index is -0.00433. The van der Waals surface area contributed by atoms with Gasteiger partial charge in [-0.1, -0.05) is 12.1 Å². The summed E-state index contributed by atoms with van der Waals surface area (Å²) < 4.78 is 6.97. The van der Waals surface area contributed by atoms with Crippen LogP contribution in [0.3, 0.4) is 0 Å². The fourth-order valence-corrected chi connectivity index (χ4v) is 4.67. The molecule has 4 heterocycles. The highest BCUT2D eigenvalue weighted by Gasteiger charge is 2.26. The highest BCUT2D eigenvalue weighted by atomic mass is 16.5. The smallest absolute Gasteiger partial charge is 0.272 e. The number of anilines is 2. The molecule has 3 aromatic rings. The van der Waals surface area contributed by atoms with Crippen LogP contribution < -0.4 is 14.5 Å². The molecule has 0 saturated carbocycles.